The number of nitrogens with zero attached hydrogens (tertiary/aromatic N) is 5. The number of rotatable bonds is 7. The van der Waals surface area contributed by atoms with Crippen molar-refractivity contribution in [3.8, 4) is 11.3 Å². The topological polar surface area (TPSA) is 69.6 Å². The van der Waals surface area contributed by atoms with E-state index < -0.39 is 5.82 Å². The van der Waals surface area contributed by atoms with Gasteiger partial charge in [-0.05, 0) is 49.7 Å². The van der Waals surface area contributed by atoms with Gasteiger partial charge in [-0.2, -0.15) is 0 Å². The van der Waals surface area contributed by atoms with E-state index in [1.54, 1.807) is 9.80 Å². The van der Waals surface area contributed by atoms with Crippen LogP contribution in [0.3, 0.4) is 0 Å². The SMILES string of the molecule is CCC(C)N(CC(=O)N1CCN(c2ccc(-c3ccccc3)nn2)CC1)C(=O)c1ccc(F)cc1. The van der Waals surface area contributed by atoms with Crippen LogP contribution in [0.2, 0.25) is 0 Å². The molecule has 1 fully saturated rings. The minimum absolute atomic E-state index is 0.00318. The largest absolute Gasteiger partial charge is 0.352 e. The molecule has 0 spiro atoms. The molecule has 1 aromatic heterocycles. The lowest BCUT2D eigenvalue weighted by Gasteiger charge is -2.37. The van der Waals surface area contributed by atoms with Crippen molar-refractivity contribution in [3.63, 3.8) is 0 Å². The zero-order valence-corrected chi connectivity index (χ0v) is 20.1. The zero-order chi connectivity index (χ0) is 24.8. The molecule has 7 nitrogen and oxygen atoms in total. The Morgan fingerprint density at radius 2 is 1.63 bits per heavy atom. The molecule has 0 bridgehead atoms. The van der Waals surface area contributed by atoms with Gasteiger partial charge < -0.3 is 14.7 Å². The number of amides is 2. The molecule has 0 radical (unpaired) electrons. The predicted octanol–water partition coefficient (Wildman–Crippen LogP) is 3.87. The van der Waals surface area contributed by atoms with Gasteiger partial charge in [0, 0.05) is 43.3 Å². The number of anilines is 1. The number of halogens is 1. The highest BCUT2D eigenvalue weighted by Crippen LogP contribution is 2.19. The average Bonchev–Trinajstić information content (AvgIpc) is 2.92. The molecule has 182 valence electrons. The van der Waals surface area contributed by atoms with E-state index in [4.69, 9.17) is 0 Å². The van der Waals surface area contributed by atoms with Gasteiger partial charge in [0.2, 0.25) is 5.91 Å². The van der Waals surface area contributed by atoms with Gasteiger partial charge in [0.15, 0.2) is 5.82 Å². The number of carbonyl (C=O) groups is 2. The summed E-state index contributed by atoms with van der Waals surface area (Å²) in [7, 11) is 0. The Hall–Kier alpha value is -3.81. The number of benzene rings is 2. The van der Waals surface area contributed by atoms with E-state index in [2.05, 4.69) is 15.1 Å². The molecule has 4 rings (SSSR count). The number of piperazine rings is 1. The molecule has 0 N–H and O–H groups in total. The molecule has 0 aliphatic carbocycles. The van der Waals surface area contributed by atoms with Gasteiger partial charge in [0.05, 0.1) is 5.69 Å². The smallest absolute Gasteiger partial charge is 0.254 e. The quantitative estimate of drug-likeness (QED) is 0.519. The van der Waals surface area contributed by atoms with Gasteiger partial charge in [0.25, 0.3) is 5.91 Å². The van der Waals surface area contributed by atoms with Crippen molar-refractivity contribution in [2.24, 2.45) is 0 Å². The van der Waals surface area contributed by atoms with Crippen molar-refractivity contribution in [1.82, 2.24) is 20.0 Å². The maximum Gasteiger partial charge on any atom is 0.254 e. The molecule has 8 heteroatoms. The Labute approximate surface area is 205 Å². The fraction of sp³-hybridized carbons (Fsp3) is 0.333. The molecular formula is C27H30FN5O2. The van der Waals surface area contributed by atoms with Crippen LogP contribution in [0, 0.1) is 5.82 Å². The van der Waals surface area contributed by atoms with Gasteiger partial charge in [-0.25, -0.2) is 4.39 Å². The van der Waals surface area contributed by atoms with Crippen molar-refractivity contribution in [2.45, 2.75) is 26.3 Å². The summed E-state index contributed by atoms with van der Waals surface area (Å²) < 4.78 is 13.3. The summed E-state index contributed by atoms with van der Waals surface area (Å²) in [6, 6.07) is 19.1. The normalized spacial score (nSPS) is 14.5. The maximum absolute atomic E-state index is 13.3. The monoisotopic (exact) mass is 475 g/mol. The molecular weight excluding hydrogens is 445 g/mol. The van der Waals surface area contributed by atoms with Crippen molar-refractivity contribution in [1.29, 1.82) is 0 Å². The molecule has 2 heterocycles. The first-order chi connectivity index (χ1) is 17.0. The number of hydrogen-bond acceptors (Lipinski definition) is 5. The Morgan fingerprint density at radius 1 is 0.943 bits per heavy atom. The summed E-state index contributed by atoms with van der Waals surface area (Å²) in [5.41, 5.74) is 2.21. The molecule has 2 aromatic carbocycles. The molecule has 2 amide bonds. The first kappa shape index (κ1) is 24.3. The predicted molar refractivity (Wildman–Crippen MR) is 133 cm³/mol. The highest BCUT2D eigenvalue weighted by atomic mass is 19.1. The van der Waals surface area contributed by atoms with Gasteiger partial charge in [-0.3, -0.25) is 9.59 Å². The van der Waals surface area contributed by atoms with E-state index >= 15 is 0 Å². The van der Waals surface area contributed by atoms with Crippen molar-refractivity contribution < 1.29 is 14.0 Å². The second-order valence-electron chi connectivity index (χ2n) is 8.71. The van der Waals surface area contributed by atoms with Crippen LogP contribution in [0.1, 0.15) is 30.6 Å². The third-order valence-corrected chi connectivity index (χ3v) is 6.46. The van der Waals surface area contributed by atoms with Crippen LogP contribution < -0.4 is 4.90 Å². The van der Waals surface area contributed by atoms with Crippen LogP contribution in [-0.2, 0) is 4.79 Å². The van der Waals surface area contributed by atoms with E-state index in [1.165, 1.54) is 24.3 Å². The molecule has 35 heavy (non-hydrogen) atoms. The lowest BCUT2D eigenvalue weighted by atomic mass is 10.1. The first-order valence-electron chi connectivity index (χ1n) is 11.9. The number of carbonyl (C=O) groups excluding carboxylic acids is 2. The molecule has 1 aliphatic heterocycles. The zero-order valence-electron chi connectivity index (χ0n) is 20.1. The fourth-order valence-corrected chi connectivity index (χ4v) is 4.09. The lowest BCUT2D eigenvalue weighted by molar-refractivity contribution is -0.132. The van der Waals surface area contributed by atoms with E-state index in [9.17, 15) is 14.0 Å². The van der Waals surface area contributed by atoms with E-state index in [0.29, 0.717) is 38.2 Å². The third-order valence-electron chi connectivity index (χ3n) is 6.46. The Bertz CT molecular complexity index is 1130. The van der Waals surface area contributed by atoms with Gasteiger partial charge in [-0.15, -0.1) is 10.2 Å². The van der Waals surface area contributed by atoms with Crippen LogP contribution in [-0.4, -0.2) is 70.6 Å². The minimum Gasteiger partial charge on any atom is -0.352 e. The van der Waals surface area contributed by atoms with E-state index in [-0.39, 0.29) is 24.4 Å². The van der Waals surface area contributed by atoms with Crippen LogP contribution >= 0.6 is 0 Å². The fourth-order valence-electron chi connectivity index (χ4n) is 4.09. The summed E-state index contributed by atoms with van der Waals surface area (Å²) in [4.78, 5) is 31.6. The van der Waals surface area contributed by atoms with Gasteiger partial charge in [-0.1, -0.05) is 37.3 Å². The van der Waals surface area contributed by atoms with Gasteiger partial charge >= 0.3 is 0 Å². The van der Waals surface area contributed by atoms with Crippen molar-refractivity contribution >= 4 is 17.6 Å². The molecule has 3 aromatic rings. The number of hydrogen-bond donors (Lipinski definition) is 0. The lowest BCUT2D eigenvalue weighted by Crippen LogP contribution is -2.53. The third kappa shape index (κ3) is 5.82. The maximum atomic E-state index is 13.3. The Kier molecular flexibility index (Phi) is 7.70. The molecule has 1 atom stereocenters. The van der Waals surface area contributed by atoms with Crippen LogP contribution in [0.4, 0.5) is 10.2 Å². The molecule has 0 saturated carbocycles. The highest BCUT2D eigenvalue weighted by molar-refractivity contribution is 5.96. The van der Waals surface area contributed by atoms with E-state index in [1.807, 2.05) is 56.3 Å². The number of aromatic nitrogens is 2. The summed E-state index contributed by atoms with van der Waals surface area (Å²) in [6.07, 6.45) is 0.714. The summed E-state index contributed by atoms with van der Waals surface area (Å²) in [5, 5.41) is 8.75. The van der Waals surface area contributed by atoms with Crippen LogP contribution in [0.25, 0.3) is 11.3 Å². The summed E-state index contributed by atoms with van der Waals surface area (Å²) in [6.45, 7) is 6.25. The van der Waals surface area contributed by atoms with Crippen LogP contribution in [0.15, 0.2) is 66.7 Å². The van der Waals surface area contributed by atoms with Crippen LogP contribution in [0.5, 0.6) is 0 Å². The van der Waals surface area contributed by atoms with Crippen molar-refractivity contribution in [3.05, 3.63) is 78.1 Å². The highest BCUT2D eigenvalue weighted by Gasteiger charge is 2.28. The standard InChI is InChI=1S/C27H30FN5O2/c1-3-20(2)33(27(35)22-9-11-23(28)12-10-22)19-26(34)32-17-15-31(16-18-32)25-14-13-24(29-30-25)21-7-5-4-6-8-21/h4-14,20H,3,15-19H2,1-2H3. The molecule has 1 aliphatic rings. The molecule has 1 unspecified atom stereocenters. The van der Waals surface area contributed by atoms with Gasteiger partial charge in [0.1, 0.15) is 12.4 Å². The summed E-state index contributed by atoms with van der Waals surface area (Å²) in [5.74, 6) is 0.0283. The Morgan fingerprint density at radius 3 is 2.23 bits per heavy atom. The minimum atomic E-state index is -0.398. The second-order valence-corrected chi connectivity index (χ2v) is 8.71. The molecule has 1 saturated heterocycles. The Balaban J connectivity index is 1.36. The first-order valence-corrected chi connectivity index (χ1v) is 11.9. The summed E-state index contributed by atoms with van der Waals surface area (Å²) >= 11 is 0. The second kappa shape index (κ2) is 11.1. The van der Waals surface area contributed by atoms with Crippen molar-refractivity contribution in [2.75, 3.05) is 37.6 Å². The average molecular weight is 476 g/mol. The van der Waals surface area contributed by atoms with E-state index in [0.717, 1.165) is 17.1 Å².